The lowest BCUT2D eigenvalue weighted by Crippen LogP contribution is -2.14. The molecule has 2 aromatic carbocycles. The van der Waals surface area contributed by atoms with E-state index in [-0.39, 0.29) is 5.91 Å². The second-order valence-corrected chi connectivity index (χ2v) is 5.14. The fraction of sp³-hybridized carbons (Fsp3) is 0.222. The maximum Gasteiger partial charge on any atom is 0.248 e. The van der Waals surface area contributed by atoms with E-state index < -0.39 is 5.91 Å². The molecule has 0 atom stereocenters. The molecule has 126 valence electrons. The number of carbonyl (C=O) groups is 2. The second kappa shape index (κ2) is 8.01. The van der Waals surface area contributed by atoms with Crippen molar-refractivity contribution in [1.82, 2.24) is 0 Å². The fourth-order valence-corrected chi connectivity index (χ4v) is 2.34. The molecule has 6 nitrogen and oxygen atoms in total. The monoisotopic (exact) mass is 328 g/mol. The van der Waals surface area contributed by atoms with Gasteiger partial charge in [-0.25, -0.2) is 0 Å². The van der Waals surface area contributed by atoms with Crippen LogP contribution in [0.1, 0.15) is 22.3 Å². The summed E-state index contributed by atoms with van der Waals surface area (Å²) in [5, 5.41) is 2.78. The Hall–Kier alpha value is -3.02. The maximum absolute atomic E-state index is 12.1. The number of hydrogen-bond acceptors (Lipinski definition) is 4. The lowest BCUT2D eigenvalue weighted by molar-refractivity contribution is -0.116. The quantitative estimate of drug-likeness (QED) is 0.816. The largest absolute Gasteiger partial charge is 0.493 e. The molecule has 0 heterocycles. The number of ether oxygens (including phenoxy) is 2. The zero-order valence-corrected chi connectivity index (χ0v) is 13.7. The van der Waals surface area contributed by atoms with Gasteiger partial charge in [-0.3, -0.25) is 9.59 Å². The minimum absolute atomic E-state index is 0.133. The summed E-state index contributed by atoms with van der Waals surface area (Å²) in [5.74, 6) is 0.640. The summed E-state index contributed by atoms with van der Waals surface area (Å²) >= 11 is 0. The average Bonchev–Trinajstić information content (AvgIpc) is 2.59. The van der Waals surface area contributed by atoms with Crippen LogP contribution in [0.4, 0.5) is 5.69 Å². The van der Waals surface area contributed by atoms with Gasteiger partial charge in [0, 0.05) is 17.7 Å². The first-order valence-electron chi connectivity index (χ1n) is 7.44. The number of primary amides is 1. The van der Waals surface area contributed by atoms with Crippen LogP contribution in [0.3, 0.4) is 0 Å². The molecule has 0 saturated heterocycles. The van der Waals surface area contributed by atoms with E-state index in [1.165, 1.54) is 0 Å². The van der Waals surface area contributed by atoms with E-state index >= 15 is 0 Å². The molecule has 2 rings (SSSR count). The van der Waals surface area contributed by atoms with Crippen LogP contribution in [0.5, 0.6) is 11.5 Å². The molecule has 2 amide bonds. The van der Waals surface area contributed by atoms with Gasteiger partial charge in [0.05, 0.1) is 14.2 Å². The van der Waals surface area contributed by atoms with Gasteiger partial charge in [0.1, 0.15) is 0 Å². The van der Waals surface area contributed by atoms with E-state index in [1.807, 2.05) is 18.2 Å². The summed E-state index contributed by atoms with van der Waals surface area (Å²) in [4.78, 5) is 23.1. The lowest BCUT2D eigenvalue weighted by Gasteiger charge is -2.12. The Labute approximate surface area is 140 Å². The van der Waals surface area contributed by atoms with Crippen molar-refractivity contribution in [3.05, 3.63) is 53.6 Å². The first kappa shape index (κ1) is 17.3. The molecule has 0 aliphatic carbocycles. The number of anilines is 1. The fourth-order valence-electron chi connectivity index (χ4n) is 2.34. The summed E-state index contributed by atoms with van der Waals surface area (Å²) < 4.78 is 10.6. The van der Waals surface area contributed by atoms with Crippen LogP contribution in [0.25, 0.3) is 0 Å². The van der Waals surface area contributed by atoms with E-state index in [1.54, 1.807) is 38.5 Å². The van der Waals surface area contributed by atoms with Crippen molar-refractivity contribution in [3.8, 4) is 11.5 Å². The van der Waals surface area contributed by atoms with Gasteiger partial charge in [0.2, 0.25) is 11.8 Å². The minimum atomic E-state index is -0.502. The average molecular weight is 328 g/mol. The zero-order chi connectivity index (χ0) is 17.5. The van der Waals surface area contributed by atoms with Crippen LogP contribution in [-0.4, -0.2) is 26.0 Å². The van der Waals surface area contributed by atoms with Crippen LogP contribution in [-0.2, 0) is 11.2 Å². The van der Waals surface area contributed by atoms with Gasteiger partial charge in [-0.2, -0.15) is 0 Å². The van der Waals surface area contributed by atoms with Crippen LogP contribution < -0.4 is 20.5 Å². The normalized spacial score (nSPS) is 10.1. The van der Waals surface area contributed by atoms with Crippen LogP contribution in [0, 0.1) is 0 Å². The molecule has 24 heavy (non-hydrogen) atoms. The third kappa shape index (κ3) is 4.25. The van der Waals surface area contributed by atoms with Gasteiger partial charge in [-0.15, -0.1) is 0 Å². The van der Waals surface area contributed by atoms with E-state index in [0.29, 0.717) is 35.6 Å². The van der Waals surface area contributed by atoms with E-state index in [9.17, 15) is 9.59 Å². The Bertz CT molecular complexity index is 726. The molecule has 0 aliphatic heterocycles. The number of carbonyl (C=O) groups excluding carboxylic acids is 2. The topological polar surface area (TPSA) is 90.6 Å². The number of nitrogens with one attached hydrogen (secondary N) is 1. The summed E-state index contributed by atoms with van der Waals surface area (Å²) in [6.45, 7) is 0. The SMILES string of the molecule is COc1cccc(CCC(=O)Nc2ccc(C(N)=O)cc2)c1OC. The van der Waals surface area contributed by atoms with Gasteiger partial charge in [-0.05, 0) is 42.3 Å². The summed E-state index contributed by atoms with van der Waals surface area (Å²) in [7, 11) is 3.14. The van der Waals surface area contributed by atoms with Crippen molar-refractivity contribution in [1.29, 1.82) is 0 Å². The zero-order valence-electron chi connectivity index (χ0n) is 13.7. The van der Waals surface area contributed by atoms with Gasteiger partial charge >= 0.3 is 0 Å². The second-order valence-electron chi connectivity index (χ2n) is 5.14. The predicted molar refractivity (Wildman–Crippen MR) is 91.5 cm³/mol. The molecular weight excluding hydrogens is 308 g/mol. The number of benzene rings is 2. The number of rotatable bonds is 7. The van der Waals surface area contributed by atoms with Gasteiger partial charge in [0.25, 0.3) is 0 Å². The van der Waals surface area contributed by atoms with Gasteiger partial charge in [0.15, 0.2) is 11.5 Å². The Morgan fingerprint density at radius 1 is 1.04 bits per heavy atom. The molecule has 0 saturated carbocycles. The van der Waals surface area contributed by atoms with Crippen molar-refractivity contribution in [2.75, 3.05) is 19.5 Å². The molecule has 0 aliphatic rings. The van der Waals surface area contributed by atoms with E-state index in [2.05, 4.69) is 5.32 Å². The minimum Gasteiger partial charge on any atom is -0.493 e. The molecule has 0 radical (unpaired) electrons. The number of nitrogens with two attached hydrogens (primary N) is 1. The standard InChI is InChI=1S/C18H20N2O4/c1-23-15-5-3-4-12(17(15)24-2)8-11-16(21)20-14-9-6-13(7-10-14)18(19)22/h3-7,9-10H,8,11H2,1-2H3,(H2,19,22)(H,20,21). The molecule has 2 aromatic rings. The highest BCUT2D eigenvalue weighted by molar-refractivity contribution is 5.94. The number of methoxy groups -OCH3 is 2. The third-order valence-electron chi connectivity index (χ3n) is 3.56. The van der Waals surface area contributed by atoms with E-state index in [0.717, 1.165) is 5.56 Å². The Kier molecular flexibility index (Phi) is 5.78. The molecule has 0 spiro atoms. The third-order valence-corrected chi connectivity index (χ3v) is 3.56. The van der Waals surface area contributed by atoms with Crippen LogP contribution in [0.2, 0.25) is 0 Å². The Morgan fingerprint density at radius 2 is 1.75 bits per heavy atom. The Balaban J connectivity index is 1.97. The molecule has 0 bridgehead atoms. The van der Waals surface area contributed by atoms with Crippen molar-refractivity contribution >= 4 is 17.5 Å². The highest BCUT2D eigenvalue weighted by Crippen LogP contribution is 2.31. The van der Waals surface area contributed by atoms with E-state index in [4.69, 9.17) is 15.2 Å². The molecule has 6 heteroatoms. The van der Waals surface area contributed by atoms with Crippen molar-refractivity contribution < 1.29 is 19.1 Å². The lowest BCUT2D eigenvalue weighted by atomic mass is 10.1. The maximum atomic E-state index is 12.1. The molecule has 0 aromatic heterocycles. The smallest absolute Gasteiger partial charge is 0.248 e. The number of para-hydroxylation sites is 1. The molecular formula is C18H20N2O4. The Morgan fingerprint density at radius 3 is 2.33 bits per heavy atom. The predicted octanol–water partition coefficient (Wildman–Crippen LogP) is 2.37. The first-order valence-corrected chi connectivity index (χ1v) is 7.44. The summed E-state index contributed by atoms with van der Waals surface area (Å²) in [6.07, 6.45) is 0.812. The van der Waals surface area contributed by atoms with Crippen molar-refractivity contribution in [2.24, 2.45) is 5.73 Å². The van der Waals surface area contributed by atoms with Crippen LogP contribution in [0.15, 0.2) is 42.5 Å². The molecule has 0 unspecified atom stereocenters. The van der Waals surface area contributed by atoms with Crippen molar-refractivity contribution in [3.63, 3.8) is 0 Å². The summed E-state index contributed by atoms with van der Waals surface area (Å²) in [6, 6.07) is 12.0. The van der Waals surface area contributed by atoms with Gasteiger partial charge in [-0.1, -0.05) is 12.1 Å². The number of amides is 2. The number of hydrogen-bond donors (Lipinski definition) is 2. The molecule has 0 fully saturated rings. The molecule has 3 N–H and O–H groups in total. The number of aryl methyl sites for hydroxylation is 1. The van der Waals surface area contributed by atoms with Gasteiger partial charge < -0.3 is 20.5 Å². The van der Waals surface area contributed by atoms with Crippen molar-refractivity contribution in [2.45, 2.75) is 12.8 Å². The first-order chi connectivity index (χ1) is 11.5. The summed E-state index contributed by atoms with van der Waals surface area (Å²) in [5.41, 5.74) is 7.09. The highest BCUT2D eigenvalue weighted by atomic mass is 16.5. The highest BCUT2D eigenvalue weighted by Gasteiger charge is 2.11. The van der Waals surface area contributed by atoms with Crippen LogP contribution >= 0.6 is 0 Å².